The van der Waals surface area contributed by atoms with Crippen molar-refractivity contribution in [2.75, 3.05) is 0 Å². The van der Waals surface area contributed by atoms with Crippen LogP contribution in [0.4, 0.5) is 5.69 Å². The van der Waals surface area contributed by atoms with Gasteiger partial charge in [-0.2, -0.15) is 5.10 Å². The van der Waals surface area contributed by atoms with Gasteiger partial charge in [0.2, 0.25) is 0 Å². The zero-order valence-electron chi connectivity index (χ0n) is 8.60. The van der Waals surface area contributed by atoms with Gasteiger partial charge in [-0.15, -0.1) is 0 Å². The van der Waals surface area contributed by atoms with E-state index in [1.165, 1.54) is 0 Å². The van der Waals surface area contributed by atoms with Crippen LogP contribution in [-0.4, -0.2) is 14.7 Å². The summed E-state index contributed by atoms with van der Waals surface area (Å²) in [6.45, 7) is 4.41. The fourth-order valence-electron chi connectivity index (χ4n) is 1.68. The highest BCUT2D eigenvalue weighted by Gasteiger charge is 2.13. The Morgan fingerprint density at radius 1 is 1.53 bits per heavy atom. The summed E-state index contributed by atoms with van der Waals surface area (Å²) >= 11 is 0. The summed E-state index contributed by atoms with van der Waals surface area (Å²) in [4.78, 5) is 10.4. The van der Waals surface area contributed by atoms with E-state index >= 15 is 0 Å². The van der Waals surface area contributed by atoms with Crippen LogP contribution in [0.15, 0.2) is 18.3 Å². The molecule has 0 aliphatic rings. The number of fused-ring (bicyclic) bond motifs is 1. The third kappa shape index (κ3) is 1.45. The van der Waals surface area contributed by atoms with Gasteiger partial charge in [-0.05, 0) is 19.9 Å². The second-order valence-electron chi connectivity index (χ2n) is 3.41. The van der Waals surface area contributed by atoms with Crippen molar-refractivity contribution in [3.8, 4) is 0 Å². The zero-order chi connectivity index (χ0) is 11.0. The lowest BCUT2D eigenvalue weighted by Gasteiger charge is -2.00. The second-order valence-corrected chi connectivity index (χ2v) is 3.41. The fraction of sp³-hybridized carbons (Fsp3) is 0.300. The molecule has 0 saturated heterocycles. The number of aromatic nitrogens is 2. The average Bonchev–Trinajstić information content (AvgIpc) is 2.58. The SMILES string of the molecule is CCn1ncc2cc(C)c([N+](=O)[O-])cc21. The summed E-state index contributed by atoms with van der Waals surface area (Å²) in [5.41, 5.74) is 1.63. The molecule has 0 bridgehead atoms. The van der Waals surface area contributed by atoms with Crippen molar-refractivity contribution in [1.29, 1.82) is 0 Å². The smallest absolute Gasteiger partial charge is 0.265 e. The van der Waals surface area contributed by atoms with Crippen LogP contribution in [0.1, 0.15) is 12.5 Å². The largest absolute Gasteiger partial charge is 0.274 e. The van der Waals surface area contributed by atoms with Gasteiger partial charge in [0.05, 0.1) is 16.6 Å². The van der Waals surface area contributed by atoms with Gasteiger partial charge >= 0.3 is 0 Å². The van der Waals surface area contributed by atoms with E-state index in [1.54, 1.807) is 29.9 Å². The van der Waals surface area contributed by atoms with Crippen molar-refractivity contribution < 1.29 is 4.92 Å². The maximum absolute atomic E-state index is 10.8. The van der Waals surface area contributed by atoms with Crippen LogP contribution in [0, 0.1) is 17.0 Å². The first-order valence-corrected chi connectivity index (χ1v) is 4.74. The topological polar surface area (TPSA) is 61.0 Å². The molecule has 15 heavy (non-hydrogen) atoms. The zero-order valence-corrected chi connectivity index (χ0v) is 8.60. The Balaban J connectivity index is 2.75. The first kappa shape index (κ1) is 9.64. The Hall–Kier alpha value is -1.91. The van der Waals surface area contributed by atoms with Gasteiger partial charge in [0, 0.05) is 23.6 Å². The number of aryl methyl sites for hydroxylation is 2. The molecule has 5 heteroatoms. The standard InChI is InChI=1S/C10H11N3O2/c1-3-12-10-5-9(13(14)15)7(2)4-8(10)6-11-12/h4-6H,3H2,1-2H3. The van der Waals surface area contributed by atoms with Gasteiger partial charge < -0.3 is 0 Å². The Kier molecular flexibility index (Phi) is 2.15. The Morgan fingerprint density at radius 3 is 2.87 bits per heavy atom. The van der Waals surface area contributed by atoms with E-state index in [4.69, 9.17) is 0 Å². The third-order valence-corrected chi connectivity index (χ3v) is 2.46. The average molecular weight is 205 g/mol. The van der Waals surface area contributed by atoms with E-state index in [0.717, 1.165) is 10.9 Å². The van der Waals surface area contributed by atoms with Crippen molar-refractivity contribution in [2.45, 2.75) is 20.4 Å². The summed E-state index contributed by atoms with van der Waals surface area (Å²) in [7, 11) is 0. The second kappa shape index (κ2) is 3.34. The minimum absolute atomic E-state index is 0.151. The van der Waals surface area contributed by atoms with Crippen LogP contribution in [0.5, 0.6) is 0 Å². The molecule has 0 fully saturated rings. The Bertz CT molecular complexity index is 531. The van der Waals surface area contributed by atoms with Crippen molar-refractivity contribution in [1.82, 2.24) is 9.78 Å². The van der Waals surface area contributed by atoms with Crippen LogP contribution in [0.3, 0.4) is 0 Å². The molecule has 0 N–H and O–H groups in total. The number of nitro benzene ring substituents is 1. The van der Waals surface area contributed by atoms with Crippen molar-refractivity contribution in [3.63, 3.8) is 0 Å². The lowest BCUT2D eigenvalue weighted by Crippen LogP contribution is -1.97. The van der Waals surface area contributed by atoms with Crippen molar-refractivity contribution >= 4 is 16.6 Å². The molecule has 0 atom stereocenters. The van der Waals surface area contributed by atoms with E-state index in [2.05, 4.69) is 5.10 Å². The maximum Gasteiger partial charge on any atom is 0.274 e. The van der Waals surface area contributed by atoms with Crippen molar-refractivity contribution in [3.05, 3.63) is 34.0 Å². The van der Waals surface area contributed by atoms with Crippen LogP contribution < -0.4 is 0 Å². The lowest BCUT2D eigenvalue weighted by molar-refractivity contribution is -0.385. The summed E-state index contributed by atoms with van der Waals surface area (Å²) in [6.07, 6.45) is 1.73. The molecule has 0 spiro atoms. The molecule has 0 saturated carbocycles. The highest BCUT2D eigenvalue weighted by Crippen LogP contribution is 2.24. The summed E-state index contributed by atoms with van der Waals surface area (Å²) in [5.74, 6) is 0. The monoisotopic (exact) mass is 205 g/mol. The van der Waals surface area contributed by atoms with Crippen LogP contribution >= 0.6 is 0 Å². The quantitative estimate of drug-likeness (QED) is 0.558. The molecule has 1 aromatic heterocycles. The van der Waals surface area contributed by atoms with Gasteiger partial charge in [-0.25, -0.2) is 0 Å². The molecule has 5 nitrogen and oxygen atoms in total. The van der Waals surface area contributed by atoms with Crippen LogP contribution in [0.25, 0.3) is 10.9 Å². The van der Waals surface area contributed by atoms with E-state index in [0.29, 0.717) is 12.1 Å². The van der Waals surface area contributed by atoms with Gasteiger partial charge in [-0.1, -0.05) is 0 Å². The highest BCUT2D eigenvalue weighted by molar-refractivity contribution is 5.82. The number of benzene rings is 1. The lowest BCUT2D eigenvalue weighted by atomic mass is 10.1. The number of hydrogen-bond acceptors (Lipinski definition) is 3. The number of nitrogens with zero attached hydrogens (tertiary/aromatic N) is 3. The maximum atomic E-state index is 10.8. The molecule has 2 rings (SSSR count). The predicted molar refractivity (Wildman–Crippen MR) is 56.8 cm³/mol. The van der Waals surface area contributed by atoms with E-state index in [-0.39, 0.29) is 10.6 Å². The normalized spacial score (nSPS) is 10.8. The summed E-state index contributed by atoms with van der Waals surface area (Å²) in [6, 6.07) is 3.38. The van der Waals surface area contributed by atoms with E-state index in [9.17, 15) is 10.1 Å². The Labute approximate surface area is 86.5 Å². The molecule has 78 valence electrons. The molecule has 2 aromatic rings. The first-order valence-electron chi connectivity index (χ1n) is 4.74. The molecule has 0 unspecified atom stereocenters. The van der Waals surface area contributed by atoms with E-state index in [1.807, 2.05) is 6.92 Å². The van der Waals surface area contributed by atoms with Crippen molar-refractivity contribution in [2.24, 2.45) is 0 Å². The van der Waals surface area contributed by atoms with Gasteiger partial charge in [0.25, 0.3) is 5.69 Å². The Morgan fingerprint density at radius 2 is 2.27 bits per heavy atom. The summed E-state index contributed by atoms with van der Waals surface area (Å²) in [5, 5.41) is 15.9. The minimum atomic E-state index is -0.359. The van der Waals surface area contributed by atoms with Gasteiger partial charge in [0.15, 0.2) is 0 Å². The molecular weight excluding hydrogens is 194 g/mol. The molecule has 0 radical (unpaired) electrons. The number of hydrogen-bond donors (Lipinski definition) is 0. The highest BCUT2D eigenvalue weighted by atomic mass is 16.6. The summed E-state index contributed by atoms with van der Waals surface area (Å²) < 4.78 is 1.75. The van der Waals surface area contributed by atoms with Gasteiger partial charge in [0.1, 0.15) is 0 Å². The number of rotatable bonds is 2. The van der Waals surface area contributed by atoms with Crippen LogP contribution in [0.2, 0.25) is 0 Å². The minimum Gasteiger partial charge on any atom is -0.265 e. The molecule has 0 amide bonds. The predicted octanol–water partition coefficient (Wildman–Crippen LogP) is 2.27. The first-order chi connectivity index (χ1) is 7.13. The molecule has 1 heterocycles. The molecule has 1 aromatic carbocycles. The van der Waals surface area contributed by atoms with E-state index < -0.39 is 0 Å². The third-order valence-electron chi connectivity index (χ3n) is 2.46. The van der Waals surface area contributed by atoms with Gasteiger partial charge in [-0.3, -0.25) is 14.8 Å². The molecule has 0 aliphatic carbocycles. The number of nitro groups is 1. The molecular formula is C10H11N3O2. The van der Waals surface area contributed by atoms with Crippen LogP contribution in [-0.2, 0) is 6.54 Å². The molecule has 0 aliphatic heterocycles. The fourth-order valence-corrected chi connectivity index (χ4v) is 1.68.